The van der Waals surface area contributed by atoms with Gasteiger partial charge in [-0.05, 0) is 12.8 Å². The van der Waals surface area contributed by atoms with Crippen molar-refractivity contribution in [1.29, 1.82) is 0 Å². The van der Waals surface area contributed by atoms with E-state index in [1.54, 1.807) is 0 Å². The maximum absolute atomic E-state index is 12.2. The van der Waals surface area contributed by atoms with Crippen LogP contribution in [0.5, 0.6) is 0 Å². The lowest BCUT2D eigenvalue weighted by Crippen LogP contribution is -2.55. The van der Waals surface area contributed by atoms with Crippen LogP contribution >= 0.6 is 0 Å². The van der Waals surface area contributed by atoms with Gasteiger partial charge in [-0.3, -0.25) is 4.79 Å². The molecule has 0 heterocycles. The lowest BCUT2D eigenvalue weighted by Gasteiger charge is -2.41. The van der Waals surface area contributed by atoms with Gasteiger partial charge in [-0.25, -0.2) is 0 Å². The molecule has 1 amide bonds. The predicted octanol–water partition coefficient (Wildman–Crippen LogP) is 0.924. The van der Waals surface area contributed by atoms with Gasteiger partial charge < -0.3 is 15.8 Å². The van der Waals surface area contributed by atoms with Gasteiger partial charge in [0.2, 0.25) is 5.91 Å². The predicted molar refractivity (Wildman–Crippen MR) is 53.4 cm³/mol. The minimum atomic E-state index is -4.46. The number of alkyl halides is 3. The van der Waals surface area contributed by atoms with Gasteiger partial charge >= 0.3 is 6.18 Å². The number of carbonyl (C=O) groups is 1. The molecule has 5 nitrogen and oxygen atoms in total. The molecule has 1 rings (SSSR count). The first kappa shape index (κ1) is 13.6. The Hall–Kier alpha value is -1.47. The van der Waals surface area contributed by atoms with Gasteiger partial charge in [-0.15, -0.1) is 0 Å². The molecule has 3 N–H and O–H groups in total. The highest BCUT2D eigenvalue weighted by atomic mass is 19.4. The van der Waals surface area contributed by atoms with Crippen LogP contribution < -0.4 is 5.73 Å². The molecule has 1 fully saturated rings. The van der Waals surface area contributed by atoms with E-state index in [2.05, 4.69) is 5.16 Å². The van der Waals surface area contributed by atoms with E-state index in [1.807, 2.05) is 0 Å². The quantitative estimate of drug-likeness (QED) is 0.340. The maximum atomic E-state index is 12.2. The number of rotatable bonds is 3. The number of nitrogens with zero attached hydrogens (tertiary/aromatic N) is 2. The first-order chi connectivity index (χ1) is 7.73. The smallest absolute Gasteiger partial charge is 0.406 e. The van der Waals surface area contributed by atoms with Crippen LogP contribution in [0.4, 0.5) is 13.2 Å². The molecule has 0 aliphatic heterocycles. The minimum Gasteiger partial charge on any atom is -0.409 e. The summed E-state index contributed by atoms with van der Waals surface area (Å²) in [6.45, 7) is -1.34. The zero-order chi connectivity index (χ0) is 13.3. The van der Waals surface area contributed by atoms with Crippen LogP contribution in [0.2, 0.25) is 0 Å². The second-order valence-corrected chi connectivity index (χ2v) is 4.20. The highest BCUT2D eigenvalue weighted by Crippen LogP contribution is 2.42. The summed E-state index contributed by atoms with van der Waals surface area (Å²) in [4.78, 5) is 12.4. The van der Waals surface area contributed by atoms with E-state index in [1.165, 1.54) is 0 Å². The van der Waals surface area contributed by atoms with E-state index in [9.17, 15) is 18.0 Å². The highest BCUT2D eigenvalue weighted by molar-refractivity contribution is 6.07. The largest absolute Gasteiger partial charge is 0.409 e. The van der Waals surface area contributed by atoms with Gasteiger partial charge in [0.1, 0.15) is 12.0 Å². The van der Waals surface area contributed by atoms with Crippen molar-refractivity contribution in [2.24, 2.45) is 16.3 Å². The fourth-order valence-corrected chi connectivity index (χ4v) is 1.91. The summed E-state index contributed by atoms with van der Waals surface area (Å²) in [5.74, 6) is -1.07. The summed E-state index contributed by atoms with van der Waals surface area (Å²) in [7, 11) is 1.06. The summed E-state index contributed by atoms with van der Waals surface area (Å²) >= 11 is 0. The average molecular weight is 253 g/mol. The first-order valence-electron chi connectivity index (χ1n) is 5.03. The molecule has 0 bridgehead atoms. The zero-order valence-corrected chi connectivity index (χ0v) is 9.29. The number of halogens is 3. The Morgan fingerprint density at radius 1 is 1.53 bits per heavy atom. The average Bonchev–Trinajstić information content (AvgIpc) is 2.12. The maximum Gasteiger partial charge on any atom is 0.406 e. The first-order valence-corrected chi connectivity index (χ1v) is 5.03. The van der Waals surface area contributed by atoms with Crippen LogP contribution in [0.1, 0.15) is 19.3 Å². The number of amidine groups is 1. The number of hydrogen-bond donors (Lipinski definition) is 2. The van der Waals surface area contributed by atoms with Gasteiger partial charge in [0.25, 0.3) is 0 Å². The van der Waals surface area contributed by atoms with Crippen LogP contribution in [-0.2, 0) is 4.79 Å². The Bertz CT molecular complexity index is 337. The van der Waals surface area contributed by atoms with Gasteiger partial charge in [0, 0.05) is 7.05 Å². The summed E-state index contributed by atoms with van der Waals surface area (Å²) in [6, 6.07) is 0. The topological polar surface area (TPSA) is 78.9 Å². The Morgan fingerprint density at radius 3 is 2.35 bits per heavy atom. The molecule has 0 aromatic carbocycles. The standard InChI is InChI=1S/C9H14F3N3O2/c1-15(5-9(10,11)12)7(16)8(3-2-4-8)6(13)14-17/h17H,2-5H2,1H3,(H2,13,14). The second kappa shape index (κ2) is 4.42. The van der Waals surface area contributed by atoms with E-state index >= 15 is 0 Å². The molecular formula is C9H14F3N3O2. The molecule has 1 aliphatic rings. The number of nitrogens with two attached hydrogens (primary N) is 1. The summed E-state index contributed by atoms with van der Waals surface area (Å²) in [5.41, 5.74) is 4.13. The summed E-state index contributed by atoms with van der Waals surface area (Å²) in [5, 5.41) is 11.3. The normalized spacial score (nSPS) is 19.6. The van der Waals surface area contributed by atoms with E-state index in [-0.39, 0.29) is 5.84 Å². The van der Waals surface area contributed by atoms with Crippen molar-refractivity contribution in [3.05, 3.63) is 0 Å². The van der Waals surface area contributed by atoms with E-state index in [4.69, 9.17) is 10.9 Å². The molecule has 0 radical (unpaired) electrons. The molecule has 0 saturated heterocycles. The molecule has 1 aliphatic carbocycles. The highest BCUT2D eigenvalue weighted by Gasteiger charge is 2.50. The molecule has 98 valence electrons. The number of amides is 1. The van der Waals surface area contributed by atoms with E-state index < -0.39 is 24.0 Å². The van der Waals surface area contributed by atoms with Crippen LogP contribution in [-0.4, -0.2) is 41.6 Å². The minimum absolute atomic E-state index is 0.309. The van der Waals surface area contributed by atoms with E-state index in [0.717, 1.165) is 7.05 Å². The van der Waals surface area contributed by atoms with Gasteiger partial charge in [-0.1, -0.05) is 11.6 Å². The number of oxime groups is 1. The van der Waals surface area contributed by atoms with Crippen LogP contribution in [0.3, 0.4) is 0 Å². The molecular weight excluding hydrogens is 239 g/mol. The van der Waals surface area contributed by atoms with Gasteiger partial charge in [-0.2, -0.15) is 13.2 Å². The van der Waals surface area contributed by atoms with Crippen molar-refractivity contribution >= 4 is 11.7 Å². The third-order valence-electron chi connectivity index (χ3n) is 2.98. The Balaban J connectivity index is 2.81. The Kier molecular flexibility index (Phi) is 3.53. The number of carbonyl (C=O) groups excluding carboxylic acids is 1. The molecule has 0 spiro atoms. The van der Waals surface area contributed by atoms with Crippen molar-refractivity contribution in [2.75, 3.05) is 13.6 Å². The third kappa shape index (κ3) is 2.62. The fourth-order valence-electron chi connectivity index (χ4n) is 1.91. The molecule has 1 saturated carbocycles. The van der Waals surface area contributed by atoms with Crippen LogP contribution in [0, 0.1) is 5.41 Å². The van der Waals surface area contributed by atoms with Crippen LogP contribution in [0.15, 0.2) is 5.16 Å². The van der Waals surface area contributed by atoms with Crippen molar-refractivity contribution in [1.82, 2.24) is 4.90 Å². The van der Waals surface area contributed by atoms with Gasteiger partial charge in [0.05, 0.1) is 0 Å². The van der Waals surface area contributed by atoms with Crippen molar-refractivity contribution in [2.45, 2.75) is 25.4 Å². The molecule has 8 heteroatoms. The molecule has 0 atom stereocenters. The van der Waals surface area contributed by atoms with Crippen LogP contribution in [0.25, 0.3) is 0 Å². The summed E-state index contributed by atoms with van der Waals surface area (Å²) in [6.07, 6.45) is -3.17. The van der Waals surface area contributed by atoms with Gasteiger partial charge in [0.15, 0.2) is 5.84 Å². The molecule has 0 unspecified atom stereocenters. The monoisotopic (exact) mass is 253 g/mol. The molecule has 0 aromatic heterocycles. The van der Waals surface area contributed by atoms with Crippen molar-refractivity contribution in [3.8, 4) is 0 Å². The Morgan fingerprint density at radius 2 is 2.06 bits per heavy atom. The Labute approximate surface area is 96.1 Å². The second-order valence-electron chi connectivity index (χ2n) is 4.20. The van der Waals surface area contributed by atoms with Crippen molar-refractivity contribution in [3.63, 3.8) is 0 Å². The third-order valence-corrected chi connectivity index (χ3v) is 2.98. The van der Waals surface area contributed by atoms with E-state index in [0.29, 0.717) is 24.2 Å². The molecule has 0 aromatic rings. The zero-order valence-electron chi connectivity index (χ0n) is 9.29. The van der Waals surface area contributed by atoms with Crippen molar-refractivity contribution < 1.29 is 23.2 Å². The lowest BCUT2D eigenvalue weighted by atomic mass is 9.67. The lowest BCUT2D eigenvalue weighted by molar-refractivity contribution is -0.165. The molecule has 17 heavy (non-hydrogen) atoms. The summed E-state index contributed by atoms with van der Waals surface area (Å²) < 4.78 is 36.5. The number of hydrogen-bond acceptors (Lipinski definition) is 3. The fraction of sp³-hybridized carbons (Fsp3) is 0.778. The SMILES string of the molecule is CN(CC(F)(F)F)C(=O)C1(C(N)=NO)CCC1.